The Balaban J connectivity index is 1.49. The fourth-order valence-corrected chi connectivity index (χ4v) is 4.46. The van der Waals surface area contributed by atoms with E-state index in [9.17, 15) is 4.79 Å². The third-order valence-corrected chi connectivity index (χ3v) is 5.61. The Kier molecular flexibility index (Phi) is 5.70. The van der Waals surface area contributed by atoms with Crippen molar-refractivity contribution in [2.45, 2.75) is 89.5 Å². The summed E-state index contributed by atoms with van der Waals surface area (Å²) in [5.74, 6) is 0.698. The minimum absolute atomic E-state index is 0.162. The summed E-state index contributed by atoms with van der Waals surface area (Å²) >= 11 is 0. The highest BCUT2D eigenvalue weighted by molar-refractivity contribution is 5.68. The monoisotopic (exact) mass is 338 g/mol. The Morgan fingerprint density at radius 2 is 1.92 bits per heavy atom. The highest BCUT2D eigenvalue weighted by Crippen LogP contribution is 2.35. The van der Waals surface area contributed by atoms with E-state index in [4.69, 9.17) is 9.47 Å². The molecule has 0 spiro atoms. The highest BCUT2D eigenvalue weighted by Gasteiger charge is 2.38. The molecular formula is C19H34N2O3. The lowest BCUT2D eigenvalue weighted by molar-refractivity contribution is 0.0255. The molecule has 0 aromatic rings. The zero-order valence-electron chi connectivity index (χ0n) is 15.6. The second kappa shape index (κ2) is 7.61. The van der Waals surface area contributed by atoms with Gasteiger partial charge in [0.05, 0.1) is 6.10 Å². The zero-order valence-corrected chi connectivity index (χ0v) is 15.6. The number of nitrogens with one attached hydrogen (secondary N) is 1. The maximum Gasteiger partial charge on any atom is 0.410 e. The summed E-state index contributed by atoms with van der Waals surface area (Å²) in [5, 5.41) is 3.92. The largest absolute Gasteiger partial charge is 0.444 e. The van der Waals surface area contributed by atoms with Gasteiger partial charge in [0.15, 0.2) is 0 Å². The number of likely N-dealkylation sites (tertiary alicyclic amines) is 1. The highest BCUT2D eigenvalue weighted by atomic mass is 16.6. The number of amides is 1. The molecule has 24 heavy (non-hydrogen) atoms. The predicted molar refractivity (Wildman–Crippen MR) is 94.1 cm³/mol. The van der Waals surface area contributed by atoms with E-state index < -0.39 is 5.60 Å². The number of carbonyl (C=O) groups is 1. The van der Waals surface area contributed by atoms with E-state index in [1.807, 2.05) is 25.7 Å². The standard InChI is InChI=1S/C19H34N2O3/c1-19(2,3)24-18(22)21-11-5-6-14(9-12-21)20-16-7-4-8-17-15(16)10-13-23-17/h14-17,20H,4-13H2,1-3H3/t14-,15+,16+,17-/m0/s1. The third kappa shape index (κ3) is 4.63. The molecule has 0 aromatic heterocycles. The third-order valence-electron chi connectivity index (χ3n) is 5.61. The van der Waals surface area contributed by atoms with E-state index in [0.29, 0.717) is 24.1 Å². The van der Waals surface area contributed by atoms with Crippen LogP contribution in [0.3, 0.4) is 0 Å². The summed E-state index contributed by atoms with van der Waals surface area (Å²) in [6, 6.07) is 1.12. The lowest BCUT2D eigenvalue weighted by Crippen LogP contribution is -2.47. The number of nitrogens with zero attached hydrogens (tertiary/aromatic N) is 1. The van der Waals surface area contributed by atoms with Crippen molar-refractivity contribution in [3.63, 3.8) is 0 Å². The molecule has 0 unspecified atom stereocenters. The first-order valence-electron chi connectivity index (χ1n) is 9.78. The second-order valence-corrected chi connectivity index (χ2v) is 8.66. The minimum atomic E-state index is -0.416. The molecule has 0 radical (unpaired) electrons. The van der Waals surface area contributed by atoms with Crippen molar-refractivity contribution in [3.8, 4) is 0 Å². The van der Waals surface area contributed by atoms with Gasteiger partial charge in [0, 0.05) is 37.7 Å². The van der Waals surface area contributed by atoms with Gasteiger partial charge in [-0.3, -0.25) is 0 Å². The van der Waals surface area contributed by atoms with Gasteiger partial charge in [-0.15, -0.1) is 0 Å². The number of hydrogen-bond acceptors (Lipinski definition) is 4. The van der Waals surface area contributed by atoms with Gasteiger partial charge >= 0.3 is 6.09 Å². The van der Waals surface area contributed by atoms with E-state index >= 15 is 0 Å². The molecule has 2 saturated heterocycles. The van der Waals surface area contributed by atoms with Gasteiger partial charge in [-0.2, -0.15) is 0 Å². The van der Waals surface area contributed by atoms with Crippen LogP contribution in [0.25, 0.3) is 0 Å². The molecular weight excluding hydrogens is 304 g/mol. The summed E-state index contributed by atoms with van der Waals surface area (Å²) in [5.41, 5.74) is -0.416. The number of hydrogen-bond donors (Lipinski definition) is 1. The molecule has 1 saturated carbocycles. The quantitative estimate of drug-likeness (QED) is 0.839. The summed E-state index contributed by atoms with van der Waals surface area (Å²) in [6.45, 7) is 8.32. The minimum Gasteiger partial charge on any atom is -0.444 e. The van der Waals surface area contributed by atoms with Crippen LogP contribution in [0.5, 0.6) is 0 Å². The predicted octanol–water partition coefficient (Wildman–Crippen LogP) is 3.32. The van der Waals surface area contributed by atoms with Crippen molar-refractivity contribution in [2.24, 2.45) is 5.92 Å². The van der Waals surface area contributed by atoms with Crippen LogP contribution in [0.4, 0.5) is 4.79 Å². The topological polar surface area (TPSA) is 50.8 Å². The molecule has 3 fully saturated rings. The van der Waals surface area contributed by atoms with E-state index in [1.165, 1.54) is 25.7 Å². The van der Waals surface area contributed by atoms with Gasteiger partial charge in [0.2, 0.25) is 0 Å². The first-order valence-corrected chi connectivity index (χ1v) is 9.78. The van der Waals surface area contributed by atoms with Gasteiger partial charge in [-0.05, 0) is 65.7 Å². The van der Waals surface area contributed by atoms with Crippen LogP contribution < -0.4 is 5.32 Å². The smallest absolute Gasteiger partial charge is 0.410 e. The van der Waals surface area contributed by atoms with E-state index in [0.717, 1.165) is 39.0 Å². The Labute approximate surface area is 146 Å². The number of ether oxygens (including phenoxy) is 2. The van der Waals surface area contributed by atoms with Crippen molar-refractivity contribution in [1.82, 2.24) is 10.2 Å². The molecule has 5 nitrogen and oxygen atoms in total. The maximum absolute atomic E-state index is 12.3. The number of fused-ring (bicyclic) bond motifs is 1. The first-order chi connectivity index (χ1) is 11.4. The molecule has 1 N–H and O–H groups in total. The van der Waals surface area contributed by atoms with Crippen molar-refractivity contribution in [1.29, 1.82) is 0 Å². The van der Waals surface area contributed by atoms with Gasteiger partial charge in [-0.25, -0.2) is 4.79 Å². The van der Waals surface area contributed by atoms with Gasteiger partial charge in [-0.1, -0.05) is 0 Å². The molecule has 5 heteroatoms. The van der Waals surface area contributed by atoms with Crippen molar-refractivity contribution in [3.05, 3.63) is 0 Å². The van der Waals surface area contributed by atoms with E-state index in [1.54, 1.807) is 0 Å². The molecule has 2 aliphatic heterocycles. The zero-order chi connectivity index (χ0) is 17.2. The molecule has 3 rings (SSSR count). The summed E-state index contributed by atoms with van der Waals surface area (Å²) < 4.78 is 11.4. The van der Waals surface area contributed by atoms with Crippen molar-refractivity contribution >= 4 is 6.09 Å². The van der Waals surface area contributed by atoms with Gasteiger partial charge in [0.25, 0.3) is 0 Å². The Morgan fingerprint density at radius 1 is 1.08 bits per heavy atom. The molecule has 2 heterocycles. The first kappa shape index (κ1) is 18.0. The maximum atomic E-state index is 12.3. The summed E-state index contributed by atoms with van der Waals surface area (Å²) in [6.07, 6.45) is 8.53. The Bertz CT molecular complexity index is 435. The molecule has 138 valence electrons. The molecule has 1 amide bonds. The molecule has 1 aliphatic carbocycles. The molecule has 0 aromatic carbocycles. The van der Waals surface area contributed by atoms with Crippen LogP contribution >= 0.6 is 0 Å². The van der Waals surface area contributed by atoms with Gasteiger partial charge in [0.1, 0.15) is 5.60 Å². The number of rotatable bonds is 2. The van der Waals surface area contributed by atoms with E-state index in [2.05, 4.69) is 5.32 Å². The lowest BCUT2D eigenvalue weighted by Gasteiger charge is -2.36. The molecule has 4 atom stereocenters. The molecule has 3 aliphatic rings. The van der Waals surface area contributed by atoms with Gasteiger partial charge < -0.3 is 19.7 Å². The van der Waals surface area contributed by atoms with Crippen LogP contribution in [-0.4, -0.2) is 54.5 Å². The summed E-state index contributed by atoms with van der Waals surface area (Å²) in [4.78, 5) is 14.2. The van der Waals surface area contributed by atoms with Crippen molar-refractivity contribution < 1.29 is 14.3 Å². The van der Waals surface area contributed by atoms with Crippen LogP contribution in [-0.2, 0) is 9.47 Å². The lowest BCUT2D eigenvalue weighted by atomic mass is 9.81. The Morgan fingerprint density at radius 3 is 2.71 bits per heavy atom. The van der Waals surface area contributed by atoms with Crippen LogP contribution in [0, 0.1) is 5.92 Å². The van der Waals surface area contributed by atoms with Crippen LogP contribution in [0.1, 0.15) is 65.7 Å². The normalized spacial score (nSPS) is 34.5. The molecule has 0 bridgehead atoms. The average molecular weight is 338 g/mol. The van der Waals surface area contributed by atoms with Crippen molar-refractivity contribution in [2.75, 3.05) is 19.7 Å². The summed E-state index contributed by atoms with van der Waals surface area (Å²) in [7, 11) is 0. The fraction of sp³-hybridized carbons (Fsp3) is 0.947. The second-order valence-electron chi connectivity index (χ2n) is 8.66. The average Bonchev–Trinajstić information content (AvgIpc) is 2.86. The van der Waals surface area contributed by atoms with Crippen LogP contribution in [0.15, 0.2) is 0 Å². The van der Waals surface area contributed by atoms with E-state index in [-0.39, 0.29) is 6.09 Å². The number of carbonyl (C=O) groups excluding carboxylic acids is 1. The van der Waals surface area contributed by atoms with Crippen LogP contribution in [0.2, 0.25) is 0 Å². The Hall–Kier alpha value is -0.810. The SMILES string of the molecule is CC(C)(C)OC(=O)N1CCC[C@H](N[C@@H]2CCC[C@@H]3OCC[C@@H]32)CC1. The fourth-order valence-electron chi connectivity index (χ4n) is 4.46.